The third-order valence-corrected chi connectivity index (χ3v) is 3.64. The van der Waals surface area contributed by atoms with Crippen molar-refractivity contribution in [1.82, 2.24) is 5.32 Å². The van der Waals surface area contributed by atoms with Gasteiger partial charge in [-0.2, -0.15) is 0 Å². The number of aryl methyl sites for hydroxylation is 1. The monoisotopic (exact) mass is 282 g/mol. The van der Waals surface area contributed by atoms with Crippen LogP contribution in [0.2, 0.25) is 0 Å². The quantitative estimate of drug-likeness (QED) is 0.886. The van der Waals surface area contributed by atoms with Gasteiger partial charge in [0.1, 0.15) is 0 Å². The smallest absolute Gasteiger partial charge is 0.224 e. The van der Waals surface area contributed by atoms with Crippen molar-refractivity contribution < 1.29 is 4.79 Å². The van der Waals surface area contributed by atoms with Crippen molar-refractivity contribution in [1.29, 1.82) is 0 Å². The van der Waals surface area contributed by atoms with E-state index in [-0.39, 0.29) is 11.9 Å². The molecule has 0 spiro atoms. The molecule has 0 radical (unpaired) electrons. The van der Waals surface area contributed by atoms with Crippen LogP contribution in [0.4, 0.5) is 0 Å². The van der Waals surface area contributed by atoms with E-state index in [0.717, 1.165) is 16.7 Å². The van der Waals surface area contributed by atoms with E-state index in [0.29, 0.717) is 13.0 Å². The van der Waals surface area contributed by atoms with Crippen LogP contribution in [0.15, 0.2) is 48.5 Å². The molecule has 2 aromatic rings. The van der Waals surface area contributed by atoms with Crippen LogP contribution < -0.4 is 11.1 Å². The van der Waals surface area contributed by atoms with Crippen LogP contribution in [0.1, 0.15) is 35.2 Å². The molecule has 3 nitrogen and oxygen atoms in total. The molecule has 2 aromatic carbocycles. The van der Waals surface area contributed by atoms with E-state index in [2.05, 4.69) is 24.4 Å². The van der Waals surface area contributed by atoms with Crippen LogP contribution in [0.5, 0.6) is 0 Å². The molecule has 0 fully saturated rings. The molecule has 0 bridgehead atoms. The predicted molar refractivity (Wildman–Crippen MR) is 85.8 cm³/mol. The first-order chi connectivity index (χ1) is 10.1. The maximum Gasteiger partial charge on any atom is 0.224 e. The van der Waals surface area contributed by atoms with Crippen molar-refractivity contribution in [2.45, 2.75) is 32.9 Å². The molecular formula is C18H22N2O. The number of carbonyl (C=O) groups excluding carboxylic acids is 1. The normalized spacial score (nSPS) is 12.0. The Morgan fingerprint density at radius 2 is 1.71 bits per heavy atom. The summed E-state index contributed by atoms with van der Waals surface area (Å²) in [5.41, 5.74) is 10.0. The highest BCUT2D eigenvalue weighted by molar-refractivity contribution is 5.79. The van der Waals surface area contributed by atoms with Gasteiger partial charge in [-0.15, -0.1) is 0 Å². The average molecular weight is 282 g/mol. The third kappa shape index (κ3) is 4.17. The second-order valence-corrected chi connectivity index (χ2v) is 5.35. The van der Waals surface area contributed by atoms with Gasteiger partial charge in [-0.25, -0.2) is 0 Å². The molecule has 0 unspecified atom stereocenters. The summed E-state index contributed by atoms with van der Waals surface area (Å²) >= 11 is 0. The minimum atomic E-state index is 0.00291. The largest absolute Gasteiger partial charge is 0.349 e. The van der Waals surface area contributed by atoms with Gasteiger partial charge in [-0.05, 0) is 30.5 Å². The summed E-state index contributed by atoms with van der Waals surface area (Å²) in [6.45, 7) is 4.51. The number of amides is 1. The summed E-state index contributed by atoms with van der Waals surface area (Å²) in [7, 11) is 0. The molecule has 0 aliphatic carbocycles. The molecule has 3 heteroatoms. The van der Waals surface area contributed by atoms with Gasteiger partial charge in [0.05, 0.1) is 12.5 Å². The molecule has 1 amide bonds. The number of rotatable bonds is 5. The van der Waals surface area contributed by atoms with Gasteiger partial charge in [0, 0.05) is 6.54 Å². The van der Waals surface area contributed by atoms with Crippen molar-refractivity contribution >= 4 is 5.91 Å². The minimum Gasteiger partial charge on any atom is -0.349 e. The highest BCUT2D eigenvalue weighted by atomic mass is 16.1. The van der Waals surface area contributed by atoms with Crippen LogP contribution >= 0.6 is 0 Å². The van der Waals surface area contributed by atoms with Crippen LogP contribution in [-0.2, 0) is 17.8 Å². The molecule has 0 saturated heterocycles. The lowest BCUT2D eigenvalue weighted by molar-refractivity contribution is -0.121. The van der Waals surface area contributed by atoms with E-state index < -0.39 is 0 Å². The lowest BCUT2D eigenvalue weighted by Gasteiger charge is -2.15. The second-order valence-electron chi connectivity index (χ2n) is 5.35. The zero-order valence-corrected chi connectivity index (χ0v) is 12.6. The van der Waals surface area contributed by atoms with Crippen molar-refractivity contribution in [2.75, 3.05) is 0 Å². The van der Waals surface area contributed by atoms with Gasteiger partial charge < -0.3 is 11.1 Å². The lowest BCUT2D eigenvalue weighted by atomic mass is 10.0. The maximum atomic E-state index is 12.2. The fourth-order valence-corrected chi connectivity index (χ4v) is 2.33. The van der Waals surface area contributed by atoms with Crippen LogP contribution in [0.3, 0.4) is 0 Å². The first-order valence-corrected chi connectivity index (χ1v) is 7.23. The van der Waals surface area contributed by atoms with Crippen LogP contribution in [0.25, 0.3) is 0 Å². The maximum absolute atomic E-state index is 12.2. The molecule has 1 atom stereocenters. The fraction of sp³-hybridized carbons (Fsp3) is 0.278. The summed E-state index contributed by atoms with van der Waals surface area (Å²) in [4.78, 5) is 12.2. The topological polar surface area (TPSA) is 55.1 Å². The molecule has 110 valence electrons. The number of carbonyl (C=O) groups is 1. The summed E-state index contributed by atoms with van der Waals surface area (Å²) in [5, 5.41) is 3.04. The van der Waals surface area contributed by atoms with E-state index in [1.54, 1.807) is 0 Å². The Morgan fingerprint density at radius 3 is 2.33 bits per heavy atom. The van der Waals surface area contributed by atoms with Gasteiger partial charge in [0.2, 0.25) is 5.91 Å². The second kappa shape index (κ2) is 7.04. The first-order valence-electron chi connectivity index (χ1n) is 7.23. The molecule has 21 heavy (non-hydrogen) atoms. The summed E-state index contributed by atoms with van der Waals surface area (Å²) in [6.07, 6.45) is 0.365. The van der Waals surface area contributed by atoms with E-state index in [1.807, 2.05) is 43.3 Å². The van der Waals surface area contributed by atoms with Gasteiger partial charge in [-0.1, -0.05) is 54.1 Å². The number of nitrogens with two attached hydrogens (primary N) is 1. The zero-order chi connectivity index (χ0) is 15.2. The van der Waals surface area contributed by atoms with Gasteiger partial charge in [-0.3, -0.25) is 4.79 Å². The molecule has 0 saturated carbocycles. The van der Waals surface area contributed by atoms with Gasteiger partial charge in [0.25, 0.3) is 0 Å². The molecule has 0 heterocycles. The standard InChI is InChI=1S/C18H22N2O/c1-13-7-9-15(10-8-13)14(2)20-18(21)11-16-5-3-4-6-17(16)12-19/h3-10,14H,11-12,19H2,1-2H3,(H,20,21)/t14-/m1/s1. The van der Waals surface area contributed by atoms with Crippen LogP contribution in [0, 0.1) is 6.92 Å². The molecule has 0 aromatic heterocycles. The first kappa shape index (κ1) is 15.3. The molecular weight excluding hydrogens is 260 g/mol. The number of nitrogens with one attached hydrogen (secondary N) is 1. The van der Waals surface area contributed by atoms with E-state index in [1.165, 1.54) is 5.56 Å². The Labute approximate surface area is 126 Å². The highest BCUT2D eigenvalue weighted by Crippen LogP contribution is 2.14. The van der Waals surface area contributed by atoms with Crippen molar-refractivity contribution in [3.05, 3.63) is 70.8 Å². The predicted octanol–water partition coefficient (Wildman–Crippen LogP) is 2.87. The Kier molecular flexibility index (Phi) is 5.12. The summed E-state index contributed by atoms with van der Waals surface area (Å²) < 4.78 is 0. The zero-order valence-electron chi connectivity index (χ0n) is 12.6. The summed E-state index contributed by atoms with van der Waals surface area (Å²) in [6, 6.07) is 16.0. The Balaban J connectivity index is 1.99. The van der Waals surface area contributed by atoms with Crippen LogP contribution in [-0.4, -0.2) is 5.91 Å². The molecule has 0 aliphatic rings. The molecule has 3 N–H and O–H groups in total. The number of benzene rings is 2. The Bertz CT molecular complexity index is 605. The fourth-order valence-electron chi connectivity index (χ4n) is 2.33. The Morgan fingerprint density at radius 1 is 1.10 bits per heavy atom. The highest BCUT2D eigenvalue weighted by Gasteiger charge is 2.11. The Hall–Kier alpha value is -2.13. The third-order valence-electron chi connectivity index (χ3n) is 3.64. The van der Waals surface area contributed by atoms with E-state index >= 15 is 0 Å². The van der Waals surface area contributed by atoms with E-state index in [9.17, 15) is 4.79 Å². The molecule has 0 aliphatic heterocycles. The lowest BCUT2D eigenvalue weighted by Crippen LogP contribution is -2.28. The van der Waals surface area contributed by atoms with Gasteiger partial charge >= 0.3 is 0 Å². The van der Waals surface area contributed by atoms with Crippen molar-refractivity contribution in [3.63, 3.8) is 0 Å². The van der Waals surface area contributed by atoms with E-state index in [4.69, 9.17) is 5.73 Å². The summed E-state index contributed by atoms with van der Waals surface area (Å²) in [5.74, 6) is 0.0176. The minimum absolute atomic E-state index is 0.00291. The van der Waals surface area contributed by atoms with Gasteiger partial charge in [0.15, 0.2) is 0 Å². The SMILES string of the molecule is Cc1ccc([C@@H](C)NC(=O)Cc2ccccc2CN)cc1. The van der Waals surface area contributed by atoms with Crippen molar-refractivity contribution in [2.24, 2.45) is 5.73 Å². The number of hydrogen-bond donors (Lipinski definition) is 2. The van der Waals surface area contributed by atoms with Crippen molar-refractivity contribution in [3.8, 4) is 0 Å². The average Bonchev–Trinajstić information content (AvgIpc) is 2.48. The molecule has 2 rings (SSSR count). The number of hydrogen-bond acceptors (Lipinski definition) is 2.